The van der Waals surface area contributed by atoms with Gasteiger partial charge in [-0.15, -0.1) is 5.10 Å². The molecule has 0 bridgehead atoms. The summed E-state index contributed by atoms with van der Waals surface area (Å²) in [4.78, 5) is 20.7. The van der Waals surface area contributed by atoms with Gasteiger partial charge in [0.1, 0.15) is 5.82 Å². The van der Waals surface area contributed by atoms with Gasteiger partial charge in [-0.2, -0.15) is 4.98 Å². The summed E-state index contributed by atoms with van der Waals surface area (Å²) in [5.41, 5.74) is 1.01. The van der Waals surface area contributed by atoms with Crippen LogP contribution in [0.15, 0.2) is 58.2 Å². The molecule has 0 saturated carbocycles. The first kappa shape index (κ1) is 21.0. The molecule has 2 N–H and O–H groups in total. The first-order chi connectivity index (χ1) is 15.1. The topological polar surface area (TPSA) is 110 Å². The van der Waals surface area contributed by atoms with Crippen molar-refractivity contribution in [3.05, 3.63) is 71.1 Å². The van der Waals surface area contributed by atoms with Crippen LogP contribution in [0.5, 0.6) is 0 Å². The number of carbonyl (C=O) groups excluding carboxylic acids is 1. The highest BCUT2D eigenvalue weighted by atomic mass is 35.5. The minimum atomic E-state index is -0.487. The summed E-state index contributed by atoms with van der Waals surface area (Å²) in [6, 6.07) is 13.2. The highest BCUT2D eigenvalue weighted by molar-refractivity contribution is 7.98. The van der Waals surface area contributed by atoms with Crippen LogP contribution < -0.4 is 5.32 Å². The SMILES string of the molecule is O=C(CCc1nc(CSc2n[nH]c(-c3ccc(Cl)cc3)n2)no1)Nc1ccccc1F. The van der Waals surface area contributed by atoms with E-state index in [1.54, 1.807) is 24.3 Å². The molecule has 2 heterocycles. The average molecular weight is 459 g/mol. The maximum absolute atomic E-state index is 13.6. The van der Waals surface area contributed by atoms with Crippen molar-refractivity contribution in [3.63, 3.8) is 0 Å². The number of rotatable bonds is 8. The second-order valence-electron chi connectivity index (χ2n) is 6.39. The Hall–Kier alpha value is -3.24. The first-order valence-corrected chi connectivity index (χ1v) is 10.6. The van der Waals surface area contributed by atoms with Crippen LogP contribution in [0.1, 0.15) is 18.1 Å². The number of aromatic amines is 1. The second kappa shape index (κ2) is 9.71. The highest BCUT2D eigenvalue weighted by Gasteiger charge is 2.13. The molecule has 4 rings (SSSR count). The van der Waals surface area contributed by atoms with Gasteiger partial charge in [-0.1, -0.05) is 40.7 Å². The number of halogens is 2. The molecule has 0 aliphatic heterocycles. The maximum atomic E-state index is 13.6. The van der Waals surface area contributed by atoms with Crippen LogP contribution in [0.3, 0.4) is 0 Å². The Balaban J connectivity index is 1.26. The van der Waals surface area contributed by atoms with Crippen LogP contribution >= 0.6 is 23.4 Å². The minimum absolute atomic E-state index is 0.0918. The van der Waals surface area contributed by atoms with Crippen LogP contribution in [0.25, 0.3) is 11.4 Å². The largest absolute Gasteiger partial charge is 0.339 e. The quantitative estimate of drug-likeness (QED) is 0.374. The second-order valence-corrected chi connectivity index (χ2v) is 7.77. The Morgan fingerprint density at radius 2 is 1.97 bits per heavy atom. The van der Waals surface area contributed by atoms with E-state index in [4.69, 9.17) is 16.1 Å². The molecule has 31 heavy (non-hydrogen) atoms. The number of H-pyrrole nitrogens is 1. The van der Waals surface area contributed by atoms with E-state index in [0.717, 1.165) is 5.56 Å². The highest BCUT2D eigenvalue weighted by Crippen LogP contribution is 2.23. The molecule has 0 unspecified atom stereocenters. The average Bonchev–Trinajstić information content (AvgIpc) is 3.42. The number of hydrogen-bond donors (Lipinski definition) is 2. The van der Waals surface area contributed by atoms with E-state index in [9.17, 15) is 9.18 Å². The number of thioether (sulfide) groups is 1. The number of anilines is 1. The lowest BCUT2D eigenvalue weighted by atomic mass is 10.2. The summed E-state index contributed by atoms with van der Waals surface area (Å²) in [7, 11) is 0. The van der Waals surface area contributed by atoms with Crippen LogP contribution in [0.2, 0.25) is 5.02 Å². The number of carbonyl (C=O) groups is 1. The smallest absolute Gasteiger partial charge is 0.227 e. The lowest BCUT2D eigenvalue weighted by molar-refractivity contribution is -0.116. The molecule has 11 heteroatoms. The third-order valence-electron chi connectivity index (χ3n) is 4.14. The van der Waals surface area contributed by atoms with Gasteiger partial charge in [0.2, 0.25) is 17.0 Å². The number of benzene rings is 2. The fraction of sp³-hybridized carbons (Fsp3) is 0.150. The Labute approximate surface area is 185 Å². The normalized spacial score (nSPS) is 10.9. The molecule has 2 aromatic carbocycles. The van der Waals surface area contributed by atoms with Crippen molar-refractivity contribution in [2.24, 2.45) is 0 Å². The van der Waals surface area contributed by atoms with Crippen molar-refractivity contribution >= 4 is 35.0 Å². The van der Waals surface area contributed by atoms with Crippen LogP contribution in [0, 0.1) is 5.82 Å². The summed E-state index contributed by atoms with van der Waals surface area (Å²) < 4.78 is 18.8. The number of nitrogens with one attached hydrogen (secondary N) is 2. The molecule has 0 saturated heterocycles. The van der Waals surface area contributed by atoms with Crippen LogP contribution in [-0.4, -0.2) is 31.2 Å². The fourth-order valence-corrected chi connectivity index (χ4v) is 3.39. The zero-order valence-corrected chi connectivity index (χ0v) is 17.6. The molecule has 1 amide bonds. The number of para-hydroxylation sites is 1. The predicted octanol–water partition coefficient (Wildman–Crippen LogP) is 4.51. The number of nitrogens with zero attached hydrogens (tertiary/aromatic N) is 4. The maximum Gasteiger partial charge on any atom is 0.227 e. The lowest BCUT2D eigenvalue weighted by Crippen LogP contribution is -2.13. The Morgan fingerprint density at radius 3 is 2.77 bits per heavy atom. The van der Waals surface area contributed by atoms with Gasteiger partial charge in [-0.25, -0.2) is 9.37 Å². The summed E-state index contributed by atoms with van der Waals surface area (Å²) in [5.74, 6) is 1.01. The first-order valence-electron chi connectivity index (χ1n) is 9.24. The van der Waals surface area contributed by atoms with Crippen molar-refractivity contribution in [3.8, 4) is 11.4 Å². The summed E-state index contributed by atoms with van der Waals surface area (Å²) >= 11 is 7.24. The standard InChI is InChI=1S/C20H16ClFN6O2S/c21-13-7-5-12(6-8-13)19-25-20(27-26-19)31-11-16-24-18(30-28-16)10-9-17(29)23-15-4-2-1-3-14(15)22/h1-8H,9-11H2,(H,23,29)(H,25,26,27). The third-order valence-corrected chi connectivity index (χ3v) is 5.23. The van der Waals surface area contributed by atoms with E-state index in [1.807, 2.05) is 12.1 Å². The molecule has 158 valence electrons. The molecule has 0 aliphatic rings. The van der Waals surface area contributed by atoms with E-state index >= 15 is 0 Å². The third kappa shape index (κ3) is 5.68. The van der Waals surface area contributed by atoms with Gasteiger partial charge in [-0.3, -0.25) is 9.89 Å². The lowest BCUT2D eigenvalue weighted by Gasteiger charge is -2.04. The summed E-state index contributed by atoms with van der Waals surface area (Å²) in [6.45, 7) is 0. The van der Waals surface area contributed by atoms with Crippen LogP contribution in [-0.2, 0) is 17.0 Å². The molecule has 4 aromatic rings. The monoisotopic (exact) mass is 458 g/mol. The number of aromatic nitrogens is 5. The molecule has 2 aromatic heterocycles. The fourth-order valence-electron chi connectivity index (χ4n) is 2.62. The molecule has 0 aliphatic carbocycles. The van der Waals surface area contributed by atoms with Gasteiger partial charge in [-0.05, 0) is 36.4 Å². The zero-order valence-electron chi connectivity index (χ0n) is 16.0. The minimum Gasteiger partial charge on any atom is -0.339 e. The molecular formula is C20H16ClFN6O2S. The summed E-state index contributed by atoms with van der Waals surface area (Å²) in [5, 5.41) is 14.7. The number of aryl methyl sites for hydroxylation is 1. The van der Waals surface area contributed by atoms with Crippen LogP contribution in [0.4, 0.5) is 10.1 Å². The van der Waals surface area contributed by atoms with Crippen molar-refractivity contribution < 1.29 is 13.7 Å². The van der Waals surface area contributed by atoms with Gasteiger partial charge >= 0.3 is 0 Å². The van der Waals surface area contributed by atoms with Crippen molar-refractivity contribution in [2.75, 3.05) is 5.32 Å². The molecule has 0 fully saturated rings. The van der Waals surface area contributed by atoms with Gasteiger partial charge in [0, 0.05) is 23.4 Å². The van der Waals surface area contributed by atoms with Gasteiger partial charge < -0.3 is 9.84 Å². The van der Waals surface area contributed by atoms with E-state index in [2.05, 4.69) is 30.6 Å². The Bertz CT molecular complexity index is 1180. The molecular weight excluding hydrogens is 443 g/mol. The van der Waals surface area contributed by atoms with Gasteiger partial charge in [0.05, 0.1) is 11.4 Å². The Kier molecular flexibility index (Phi) is 6.58. The number of hydrogen-bond acceptors (Lipinski definition) is 7. The molecule has 8 nitrogen and oxygen atoms in total. The molecule has 0 spiro atoms. The predicted molar refractivity (Wildman–Crippen MR) is 114 cm³/mol. The van der Waals surface area contributed by atoms with E-state index < -0.39 is 5.82 Å². The van der Waals surface area contributed by atoms with Crippen molar-refractivity contribution in [1.29, 1.82) is 0 Å². The zero-order chi connectivity index (χ0) is 21.6. The van der Waals surface area contributed by atoms with Gasteiger partial charge in [0.25, 0.3) is 0 Å². The van der Waals surface area contributed by atoms with Crippen molar-refractivity contribution in [2.45, 2.75) is 23.8 Å². The van der Waals surface area contributed by atoms with E-state index in [0.29, 0.717) is 33.5 Å². The van der Waals surface area contributed by atoms with E-state index in [-0.39, 0.29) is 24.4 Å². The van der Waals surface area contributed by atoms with Crippen molar-refractivity contribution in [1.82, 2.24) is 25.3 Å². The summed E-state index contributed by atoms with van der Waals surface area (Å²) in [6.07, 6.45) is 0.341. The molecule has 0 radical (unpaired) electrons. The molecule has 0 atom stereocenters. The Morgan fingerprint density at radius 1 is 1.16 bits per heavy atom. The van der Waals surface area contributed by atoms with E-state index in [1.165, 1.54) is 23.9 Å². The number of amides is 1. The van der Waals surface area contributed by atoms with Gasteiger partial charge in [0.15, 0.2) is 11.6 Å².